The molecule has 0 bridgehead atoms. The van der Waals surface area contributed by atoms with Crippen molar-refractivity contribution in [3.8, 4) is 5.88 Å². The van der Waals surface area contributed by atoms with Crippen LogP contribution in [0.5, 0.6) is 5.88 Å². The molecule has 16 heavy (non-hydrogen) atoms. The van der Waals surface area contributed by atoms with E-state index in [-0.39, 0.29) is 5.91 Å². The van der Waals surface area contributed by atoms with Crippen LogP contribution in [0.1, 0.15) is 18.4 Å². The molecule has 1 spiro atoms. The average Bonchev–Trinajstić information content (AvgIpc) is 3.03. The predicted octanol–water partition coefficient (Wildman–Crippen LogP) is 1.19. The van der Waals surface area contributed by atoms with Crippen LogP contribution >= 0.6 is 8.58 Å². The molecular weight excluding hydrogens is 223 g/mol. The molecule has 0 radical (unpaired) electrons. The predicted molar refractivity (Wildman–Crippen MR) is 64.1 cm³/mol. The Bertz CT molecular complexity index is 483. The highest BCUT2D eigenvalue weighted by Gasteiger charge is 2.56. The van der Waals surface area contributed by atoms with Crippen LogP contribution < -0.4 is 15.4 Å². The molecule has 1 unspecified atom stereocenters. The van der Waals surface area contributed by atoms with Gasteiger partial charge in [-0.25, -0.2) is 4.98 Å². The van der Waals surface area contributed by atoms with Gasteiger partial charge in [-0.05, 0) is 24.5 Å². The second-order valence-electron chi connectivity index (χ2n) is 4.28. The van der Waals surface area contributed by atoms with Gasteiger partial charge < -0.3 is 10.1 Å². The number of hydrogen-bond acceptors (Lipinski definition) is 3. The number of carbonyl (C=O) groups excluding carboxylic acids is 1. The van der Waals surface area contributed by atoms with Crippen molar-refractivity contribution >= 4 is 25.5 Å². The molecule has 2 heterocycles. The van der Waals surface area contributed by atoms with E-state index in [9.17, 15) is 4.79 Å². The number of aromatic nitrogens is 1. The monoisotopic (exact) mass is 236 g/mol. The fourth-order valence-corrected chi connectivity index (χ4v) is 2.65. The third-order valence-corrected chi connectivity index (χ3v) is 4.26. The Morgan fingerprint density at radius 3 is 2.94 bits per heavy atom. The number of ether oxygens (including phenoxy) is 1. The minimum atomic E-state index is -0.595. The minimum Gasteiger partial charge on any atom is -0.459 e. The first-order valence-corrected chi connectivity index (χ1v) is 6.84. The lowest BCUT2D eigenvalue weighted by molar-refractivity contribution is -0.125. The van der Waals surface area contributed by atoms with Gasteiger partial charge >= 0.3 is 0 Å². The zero-order valence-electron chi connectivity index (χ0n) is 9.26. The van der Waals surface area contributed by atoms with E-state index < -0.39 is 5.60 Å². The summed E-state index contributed by atoms with van der Waals surface area (Å²) in [6, 6.07) is 0. The molecule has 1 aliphatic carbocycles. The van der Waals surface area contributed by atoms with Crippen molar-refractivity contribution in [3.05, 3.63) is 11.8 Å². The molecule has 84 valence electrons. The van der Waals surface area contributed by atoms with E-state index in [4.69, 9.17) is 4.74 Å². The molecule has 1 N–H and O–H groups in total. The summed E-state index contributed by atoms with van der Waals surface area (Å²) in [5.41, 5.74) is 1.24. The maximum absolute atomic E-state index is 11.8. The highest BCUT2D eigenvalue weighted by Crippen LogP contribution is 2.46. The van der Waals surface area contributed by atoms with Gasteiger partial charge in [0.15, 0.2) is 5.60 Å². The van der Waals surface area contributed by atoms with E-state index in [2.05, 4.69) is 17.0 Å². The molecule has 1 amide bonds. The Hall–Kier alpha value is -1.15. The normalized spacial score (nSPS) is 20.8. The third kappa shape index (κ3) is 1.26. The standard InChI is InChI=1S/C11H13N2O2P/c1-6-7(16-2)5-12-9-8(6)13-10(14)11(15-9)3-4-11/h5,16H,3-4H2,1-2H3,(H,13,14). The van der Waals surface area contributed by atoms with Gasteiger partial charge in [0.1, 0.15) is 5.69 Å². The van der Waals surface area contributed by atoms with E-state index >= 15 is 0 Å². The topological polar surface area (TPSA) is 51.2 Å². The molecule has 1 saturated carbocycles. The number of nitrogens with one attached hydrogen (secondary N) is 1. The Kier molecular flexibility index (Phi) is 1.99. The molecule has 5 heteroatoms. The van der Waals surface area contributed by atoms with Gasteiger partial charge in [0, 0.05) is 19.0 Å². The van der Waals surface area contributed by atoms with Gasteiger partial charge in [0.2, 0.25) is 5.88 Å². The molecule has 0 aromatic carbocycles. The van der Waals surface area contributed by atoms with Gasteiger partial charge in [-0.1, -0.05) is 8.58 Å². The van der Waals surface area contributed by atoms with Gasteiger partial charge in [0.05, 0.1) is 0 Å². The number of nitrogens with zero attached hydrogens (tertiary/aromatic N) is 1. The van der Waals surface area contributed by atoms with Crippen molar-refractivity contribution < 1.29 is 9.53 Å². The average molecular weight is 236 g/mol. The van der Waals surface area contributed by atoms with Gasteiger partial charge in [-0.3, -0.25) is 4.79 Å². The van der Waals surface area contributed by atoms with Gasteiger partial charge in [0.25, 0.3) is 5.91 Å². The Morgan fingerprint density at radius 2 is 2.31 bits per heavy atom. The molecular formula is C11H13N2O2P. The Balaban J connectivity index is 2.08. The molecule has 1 aromatic heterocycles. The largest absolute Gasteiger partial charge is 0.459 e. The lowest BCUT2D eigenvalue weighted by atomic mass is 10.2. The van der Waals surface area contributed by atoms with E-state index in [0.717, 1.165) is 24.1 Å². The summed E-state index contributed by atoms with van der Waals surface area (Å²) in [7, 11) is 0.675. The van der Waals surface area contributed by atoms with Gasteiger partial charge in [-0.15, -0.1) is 0 Å². The van der Waals surface area contributed by atoms with Crippen LogP contribution in [0, 0.1) is 6.92 Å². The molecule has 1 atom stereocenters. The highest BCUT2D eigenvalue weighted by molar-refractivity contribution is 7.46. The molecule has 1 fully saturated rings. The fraction of sp³-hybridized carbons (Fsp3) is 0.455. The number of anilines is 1. The summed E-state index contributed by atoms with van der Waals surface area (Å²) < 4.78 is 5.70. The van der Waals surface area contributed by atoms with Crippen molar-refractivity contribution in [3.63, 3.8) is 0 Å². The van der Waals surface area contributed by atoms with Crippen molar-refractivity contribution in [2.24, 2.45) is 0 Å². The molecule has 4 nitrogen and oxygen atoms in total. The van der Waals surface area contributed by atoms with Crippen LogP contribution in [0.25, 0.3) is 0 Å². The number of rotatable bonds is 1. The molecule has 1 aromatic rings. The van der Waals surface area contributed by atoms with Crippen molar-refractivity contribution in [2.45, 2.75) is 25.4 Å². The quantitative estimate of drug-likeness (QED) is 0.745. The van der Waals surface area contributed by atoms with Crippen LogP contribution in [0.2, 0.25) is 0 Å². The fourth-order valence-electron chi connectivity index (χ4n) is 1.96. The van der Waals surface area contributed by atoms with E-state index in [1.807, 2.05) is 13.1 Å². The number of amides is 1. The maximum atomic E-state index is 11.8. The zero-order chi connectivity index (χ0) is 11.3. The first-order valence-electron chi connectivity index (χ1n) is 5.34. The van der Waals surface area contributed by atoms with Crippen LogP contribution in [0.4, 0.5) is 5.69 Å². The minimum absolute atomic E-state index is 0.0125. The second-order valence-corrected chi connectivity index (χ2v) is 5.32. The number of fused-ring (bicyclic) bond motifs is 1. The Morgan fingerprint density at radius 1 is 1.56 bits per heavy atom. The zero-order valence-corrected chi connectivity index (χ0v) is 10.3. The maximum Gasteiger partial charge on any atom is 0.268 e. The number of pyridine rings is 1. The summed E-state index contributed by atoms with van der Waals surface area (Å²) in [5.74, 6) is 0.568. The summed E-state index contributed by atoms with van der Waals surface area (Å²) in [5, 5.41) is 4.11. The summed E-state index contributed by atoms with van der Waals surface area (Å²) >= 11 is 0. The molecule has 2 aliphatic rings. The molecule has 0 saturated heterocycles. The smallest absolute Gasteiger partial charge is 0.268 e. The highest BCUT2D eigenvalue weighted by atomic mass is 31.1. The van der Waals surface area contributed by atoms with Crippen LogP contribution in [-0.2, 0) is 4.79 Å². The van der Waals surface area contributed by atoms with Crippen LogP contribution in [0.3, 0.4) is 0 Å². The van der Waals surface area contributed by atoms with Gasteiger partial charge in [-0.2, -0.15) is 0 Å². The van der Waals surface area contributed by atoms with Crippen LogP contribution in [-0.4, -0.2) is 23.2 Å². The SMILES string of the molecule is CPc1cnc2c(c1C)NC(=O)C1(CC1)O2. The lowest BCUT2D eigenvalue weighted by Gasteiger charge is -2.26. The summed E-state index contributed by atoms with van der Waals surface area (Å²) in [6.07, 6.45) is 3.45. The third-order valence-electron chi connectivity index (χ3n) is 3.22. The summed E-state index contributed by atoms with van der Waals surface area (Å²) in [4.78, 5) is 16.1. The molecule has 1 aliphatic heterocycles. The number of hydrogen-bond donors (Lipinski definition) is 1. The first kappa shape index (κ1) is 10.0. The van der Waals surface area contributed by atoms with Crippen molar-refractivity contribution in [1.29, 1.82) is 0 Å². The lowest BCUT2D eigenvalue weighted by Crippen LogP contribution is -2.40. The molecule has 3 rings (SSSR count). The van der Waals surface area contributed by atoms with Crippen molar-refractivity contribution in [2.75, 3.05) is 12.0 Å². The Labute approximate surface area is 95.6 Å². The van der Waals surface area contributed by atoms with E-state index in [1.165, 1.54) is 5.30 Å². The van der Waals surface area contributed by atoms with Crippen LogP contribution in [0.15, 0.2) is 6.20 Å². The number of carbonyl (C=O) groups is 1. The van der Waals surface area contributed by atoms with E-state index in [1.54, 1.807) is 0 Å². The van der Waals surface area contributed by atoms with Crippen molar-refractivity contribution in [1.82, 2.24) is 4.98 Å². The first-order chi connectivity index (χ1) is 7.66. The summed E-state index contributed by atoms with van der Waals surface area (Å²) in [6.45, 7) is 4.10. The second kappa shape index (κ2) is 3.17. The van der Waals surface area contributed by atoms with E-state index in [0.29, 0.717) is 14.5 Å².